The molecule has 0 aliphatic carbocycles. The van der Waals surface area contributed by atoms with Gasteiger partial charge in [-0.25, -0.2) is 13.8 Å². The molecule has 1 heterocycles. The van der Waals surface area contributed by atoms with Gasteiger partial charge in [0.15, 0.2) is 0 Å². The van der Waals surface area contributed by atoms with Crippen molar-refractivity contribution >= 4 is 38.5 Å². The summed E-state index contributed by atoms with van der Waals surface area (Å²) in [7, 11) is 0. The summed E-state index contributed by atoms with van der Waals surface area (Å²) >= 11 is 3.90. The van der Waals surface area contributed by atoms with Crippen LogP contribution in [0.25, 0.3) is 0 Å². The summed E-state index contributed by atoms with van der Waals surface area (Å²) in [6.07, 6.45) is -7.15. The summed E-state index contributed by atoms with van der Waals surface area (Å²) in [4.78, 5) is 3.40. The lowest BCUT2D eigenvalue weighted by Crippen LogP contribution is -2.13. The highest BCUT2D eigenvalue weighted by molar-refractivity contribution is 14.1. The number of hydrogen-bond donors (Lipinski definition) is 0. The number of nitrogens with zero attached hydrogens (tertiary/aromatic N) is 1. The second-order valence-corrected chi connectivity index (χ2v) is 4.40. The third kappa shape index (κ3) is 2.77. The molecule has 0 aromatic carbocycles. The number of aromatic nitrogens is 1. The van der Waals surface area contributed by atoms with Crippen molar-refractivity contribution in [2.75, 3.05) is 0 Å². The van der Waals surface area contributed by atoms with E-state index < -0.39 is 28.3 Å². The Morgan fingerprint density at radius 1 is 1.33 bits per heavy atom. The summed E-state index contributed by atoms with van der Waals surface area (Å²) in [6, 6.07) is 0. The highest BCUT2D eigenvalue weighted by Gasteiger charge is 2.39. The fourth-order valence-corrected chi connectivity index (χ4v) is 2.18. The number of rotatable bonds is 1. The van der Waals surface area contributed by atoms with Crippen LogP contribution in [0.3, 0.4) is 0 Å². The Hall–Kier alpha value is 0.01000. The molecule has 1 rings (SSSR count). The highest BCUT2D eigenvalue weighted by Crippen LogP contribution is 2.41. The molecule has 0 saturated heterocycles. The fourth-order valence-electron chi connectivity index (χ4n) is 0.966. The SMILES string of the molecule is FC(F)c1c(Br)ncc(I)c1C(F)(F)F. The molecule has 0 N–H and O–H groups in total. The predicted octanol–water partition coefficient (Wildman–Crippen LogP) is 4.41. The maximum atomic E-state index is 12.5. The molecular weight excluding hydrogens is 400 g/mol. The zero-order chi connectivity index (χ0) is 11.8. The molecule has 0 radical (unpaired) electrons. The predicted molar refractivity (Wildman–Crippen MR) is 54.6 cm³/mol. The van der Waals surface area contributed by atoms with E-state index in [9.17, 15) is 22.0 Å². The average molecular weight is 402 g/mol. The van der Waals surface area contributed by atoms with Gasteiger partial charge in [0.05, 0.1) is 11.1 Å². The van der Waals surface area contributed by atoms with Crippen molar-refractivity contribution < 1.29 is 22.0 Å². The third-order valence-electron chi connectivity index (χ3n) is 1.52. The molecule has 1 nitrogen and oxygen atoms in total. The Morgan fingerprint density at radius 2 is 1.87 bits per heavy atom. The van der Waals surface area contributed by atoms with Crippen LogP contribution in [-0.2, 0) is 6.18 Å². The first kappa shape index (κ1) is 13.1. The lowest BCUT2D eigenvalue weighted by Gasteiger charge is -2.14. The molecular formula is C7H2BrF5IN. The van der Waals surface area contributed by atoms with E-state index in [-0.39, 0.29) is 3.57 Å². The molecule has 0 bridgehead atoms. The molecule has 0 aliphatic rings. The van der Waals surface area contributed by atoms with Crippen LogP contribution in [0.5, 0.6) is 0 Å². The molecule has 0 aliphatic heterocycles. The van der Waals surface area contributed by atoms with E-state index in [2.05, 4.69) is 20.9 Å². The molecule has 0 amide bonds. The van der Waals surface area contributed by atoms with Crippen molar-refractivity contribution in [3.8, 4) is 0 Å². The van der Waals surface area contributed by atoms with Crippen molar-refractivity contribution in [1.29, 1.82) is 0 Å². The molecule has 1 aromatic rings. The summed E-state index contributed by atoms with van der Waals surface area (Å²) in [5.74, 6) is 0. The molecule has 0 spiro atoms. The monoisotopic (exact) mass is 401 g/mol. The van der Waals surface area contributed by atoms with Gasteiger partial charge in [-0.2, -0.15) is 13.2 Å². The van der Waals surface area contributed by atoms with Crippen LogP contribution in [0.1, 0.15) is 17.6 Å². The minimum atomic E-state index is -4.81. The topological polar surface area (TPSA) is 12.9 Å². The van der Waals surface area contributed by atoms with E-state index in [0.717, 1.165) is 6.20 Å². The van der Waals surface area contributed by atoms with E-state index in [1.807, 2.05) is 0 Å². The van der Waals surface area contributed by atoms with E-state index in [1.165, 1.54) is 22.6 Å². The Morgan fingerprint density at radius 3 is 2.20 bits per heavy atom. The number of hydrogen-bond acceptors (Lipinski definition) is 1. The Bertz CT molecular complexity index is 378. The minimum Gasteiger partial charge on any atom is -0.248 e. The van der Waals surface area contributed by atoms with Gasteiger partial charge in [-0.05, 0) is 38.5 Å². The largest absolute Gasteiger partial charge is 0.418 e. The standard InChI is InChI=1S/C7H2BrF5IN/c8-5-3(6(9)10)4(7(11,12)13)2(14)1-15-5/h1,6H. The smallest absolute Gasteiger partial charge is 0.248 e. The zero-order valence-corrected chi connectivity index (χ0v) is 10.5. The van der Waals surface area contributed by atoms with Crippen LogP contribution < -0.4 is 0 Å². The van der Waals surface area contributed by atoms with Gasteiger partial charge in [0.25, 0.3) is 6.43 Å². The number of pyridine rings is 1. The van der Waals surface area contributed by atoms with Crippen molar-refractivity contribution in [1.82, 2.24) is 4.98 Å². The Balaban J connectivity index is 3.53. The molecule has 84 valence electrons. The quantitative estimate of drug-likeness (QED) is 0.386. The molecule has 1 aromatic heterocycles. The van der Waals surface area contributed by atoms with Gasteiger partial charge in [0, 0.05) is 9.77 Å². The second-order valence-electron chi connectivity index (χ2n) is 2.48. The maximum Gasteiger partial charge on any atom is 0.418 e. The van der Waals surface area contributed by atoms with Crippen LogP contribution in [0, 0.1) is 3.57 Å². The minimum absolute atomic E-state index is 0.349. The van der Waals surface area contributed by atoms with Gasteiger partial charge in [-0.1, -0.05) is 0 Å². The van der Waals surface area contributed by atoms with E-state index in [0.29, 0.717) is 0 Å². The van der Waals surface area contributed by atoms with Crippen LogP contribution in [-0.4, -0.2) is 4.98 Å². The van der Waals surface area contributed by atoms with Crippen molar-refractivity contribution in [3.05, 3.63) is 25.5 Å². The first-order valence-corrected chi connectivity index (χ1v) is 5.31. The Labute approximate surface area is 103 Å². The lowest BCUT2D eigenvalue weighted by atomic mass is 10.1. The van der Waals surface area contributed by atoms with E-state index in [4.69, 9.17) is 0 Å². The van der Waals surface area contributed by atoms with Gasteiger partial charge in [-0.15, -0.1) is 0 Å². The van der Waals surface area contributed by atoms with Gasteiger partial charge < -0.3 is 0 Å². The molecule has 0 atom stereocenters. The molecule has 8 heteroatoms. The summed E-state index contributed by atoms with van der Waals surface area (Å²) in [6.45, 7) is 0. The maximum absolute atomic E-state index is 12.5. The van der Waals surface area contributed by atoms with Crippen LogP contribution in [0.4, 0.5) is 22.0 Å². The summed E-state index contributed by atoms with van der Waals surface area (Å²) < 4.78 is 61.4. The number of alkyl halides is 5. The summed E-state index contributed by atoms with van der Waals surface area (Å²) in [5, 5.41) is 0. The molecule has 0 fully saturated rings. The zero-order valence-electron chi connectivity index (χ0n) is 6.75. The first-order valence-electron chi connectivity index (χ1n) is 3.44. The Kier molecular flexibility index (Phi) is 3.90. The van der Waals surface area contributed by atoms with E-state index >= 15 is 0 Å². The summed E-state index contributed by atoms with van der Waals surface area (Å²) in [5.41, 5.74) is -2.45. The van der Waals surface area contributed by atoms with Gasteiger partial charge in [0.1, 0.15) is 4.60 Å². The molecule has 0 saturated carbocycles. The highest BCUT2D eigenvalue weighted by atomic mass is 127. The molecule has 15 heavy (non-hydrogen) atoms. The normalized spacial score (nSPS) is 12.3. The van der Waals surface area contributed by atoms with Crippen LogP contribution in [0.15, 0.2) is 10.8 Å². The van der Waals surface area contributed by atoms with Gasteiger partial charge >= 0.3 is 6.18 Å². The third-order valence-corrected chi connectivity index (χ3v) is 2.97. The van der Waals surface area contributed by atoms with E-state index in [1.54, 1.807) is 0 Å². The van der Waals surface area contributed by atoms with Crippen LogP contribution in [0.2, 0.25) is 0 Å². The van der Waals surface area contributed by atoms with Crippen molar-refractivity contribution in [2.24, 2.45) is 0 Å². The van der Waals surface area contributed by atoms with Crippen molar-refractivity contribution in [3.63, 3.8) is 0 Å². The second kappa shape index (κ2) is 4.48. The van der Waals surface area contributed by atoms with Crippen LogP contribution >= 0.6 is 38.5 Å². The van der Waals surface area contributed by atoms with Gasteiger partial charge in [0.2, 0.25) is 0 Å². The first-order chi connectivity index (χ1) is 6.75. The number of halogens is 7. The fraction of sp³-hybridized carbons (Fsp3) is 0.286. The molecule has 0 unspecified atom stereocenters. The van der Waals surface area contributed by atoms with Crippen molar-refractivity contribution in [2.45, 2.75) is 12.6 Å². The lowest BCUT2D eigenvalue weighted by molar-refractivity contribution is -0.140. The average Bonchev–Trinajstić information content (AvgIpc) is 2.05. The van der Waals surface area contributed by atoms with Gasteiger partial charge in [-0.3, -0.25) is 0 Å².